The van der Waals surface area contributed by atoms with Crippen LogP contribution in [0.15, 0.2) is 6.07 Å². The van der Waals surface area contributed by atoms with E-state index in [1.54, 1.807) is 0 Å². The third-order valence-electron chi connectivity index (χ3n) is 2.97. The second-order valence-electron chi connectivity index (χ2n) is 4.35. The molecule has 1 heterocycles. The Kier molecular flexibility index (Phi) is 7.05. The predicted octanol–water partition coefficient (Wildman–Crippen LogP) is 1.77. The second kappa shape index (κ2) is 8.30. The average Bonchev–Trinajstić information content (AvgIpc) is 2.80. The minimum Gasteiger partial charge on any atom is -0.387 e. The molecule has 5 nitrogen and oxygen atoms in total. The lowest BCUT2D eigenvalue weighted by Crippen LogP contribution is -2.34. The van der Waals surface area contributed by atoms with E-state index in [4.69, 9.17) is 9.47 Å². The van der Waals surface area contributed by atoms with Crippen LogP contribution in [0.4, 0.5) is 0 Å². The fraction of sp³-hybridized carbons (Fsp3) is 0.786. The molecule has 0 saturated heterocycles. The van der Waals surface area contributed by atoms with E-state index in [1.807, 2.05) is 31.5 Å². The van der Waals surface area contributed by atoms with Crippen molar-refractivity contribution in [1.29, 1.82) is 0 Å². The molecule has 0 radical (unpaired) electrons. The molecule has 19 heavy (non-hydrogen) atoms. The maximum absolute atomic E-state index is 10.2. The Bertz CT molecular complexity index is 360. The van der Waals surface area contributed by atoms with E-state index in [-0.39, 0.29) is 0 Å². The zero-order valence-electron chi connectivity index (χ0n) is 12.4. The zero-order chi connectivity index (χ0) is 14.3. The van der Waals surface area contributed by atoms with Crippen LogP contribution in [0.1, 0.15) is 39.1 Å². The topological polar surface area (TPSA) is 56.5 Å². The fourth-order valence-electron chi connectivity index (χ4n) is 2.04. The lowest BCUT2D eigenvalue weighted by molar-refractivity contribution is -0.189. The lowest BCUT2D eigenvalue weighted by atomic mass is 10.1. The predicted molar refractivity (Wildman–Crippen MR) is 74.0 cm³/mol. The molecule has 0 saturated carbocycles. The highest BCUT2D eigenvalue weighted by atomic mass is 16.7. The number of aliphatic hydroxyl groups excluding tert-OH is 1. The van der Waals surface area contributed by atoms with Crippen molar-refractivity contribution in [2.75, 3.05) is 13.2 Å². The molecule has 0 aromatic carbocycles. The number of aryl methyl sites for hydroxylation is 2. The number of rotatable bonds is 9. The van der Waals surface area contributed by atoms with Gasteiger partial charge in [0.1, 0.15) is 6.10 Å². The average molecular weight is 270 g/mol. The second-order valence-corrected chi connectivity index (χ2v) is 4.35. The van der Waals surface area contributed by atoms with Gasteiger partial charge in [-0.25, -0.2) is 0 Å². The maximum Gasteiger partial charge on any atom is 0.183 e. The molecule has 110 valence electrons. The summed E-state index contributed by atoms with van der Waals surface area (Å²) in [6.07, 6.45) is 0.147. The number of aliphatic hydroxyl groups is 1. The summed E-state index contributed by atoms with van der Waals surface area (Å²) in [4.78, 5) is 0. The Balaban J connectivity index is 2.72. The minimum atomic E-state index is -0.674. The molecule has 5 heteroatoms. The normalized spacial score (nSPS) is 13.2. The van der Waals surface area contributed by atoms with Crippen molar-refractivity contribution >= 4 is 0 Å². The Morgan fingerprint density at radius 1 is 1.21 bits per heavy atom. The number of hydrogen-bond acceptors (Lipinski definition) is 4. The van der Waals surface area contributed by atoms with E-state index in [0.717, 1.165) is 24.4 Å². The number of ether oxygens (including phenoxy) is 2. The molecule has 0 amide bonds. The van der Waals surface area contributed by atoms with Gasteiger partial charge < -0.3 is 14.6 Å². The number of aromatic nitrogens is 2. The van der Waals surface area contributed by atoms with Crippen molar-refractivity contribution in [1.82, 2.24) is 9.78 Å². The molecular weight excluding hydrogens is 244 g/mol. The van der Waals surface area contributed by atoms with Crippen molar-refractivity contribution in [2.24, 2.45) is 0 Å². The first-order chi connectivity index (χ1) is 9.15. The summed E-state index contributed by atoms with van der Waals surface area (Å²) >= 11 is 0. The minimum absolute atomic E-state index is 0.492. The third kappa shape index (κ3) is 4.60. The van der Waals surface area contributed by atoms with Crippen LogP contribution in [0.2, 0.25) is 0 Å². The van der Waals surface area contributed by atoms with E-state index < -0.39 is 12.4 Å². The fourth-order valence-corrected chi connectivity index (χ4v) is 2.04. The van der Waals surface area contributed by atoms with Crippen LogP contribution in [0, 0.1) is 0 Å². The largest absolute Gasteiger partial charge is 0.387 e. The van der Waals surface area contributed by atoms with E-state index >= 15 is 0 Å². The molecule has 1 aromatic heterocycles. The van der Waals surface area contributed by atoms with Crippen LogP contribution in [0.3, 0.4) is 0 Å². The van der Waals surface area contributed by atoms with E-state index in [9.17, 15) is 5.11 Å². The number of hydrogen-bond donors (Lipinski definition) is 1. The van der Waals surface area contributed by atoms with Crippen LogP contribution in [0.5, 0.6) is 0 Å². The zero-order valence-corrected chi connectivity index (χ0v) is 12.4. The van der Waals surface area contributed by atoms with Gasteiger partial charge in [-0.3, -0.25) is 4.68 Å². The van der Waals surface area contributed by atoms with Crippen molar-refractivity contribution < 1.29 is 14.6 Å². The van der Waals surface area contributed by atoms with Crippen LogP contribution in [-0.4, -0.2) is 40.5 Å². The monoisotopic (exact) mass is 270 g/mol. The van der Waals surface area contributed by atoms with Crippen LogP contribution < -0.4 is 0 Å². The first-order valence-electron chi connectivity index (χ1n) is 7.12. The quantitative estimate of drug-likeness (QED) is 0.695. The molecule has 1 unspecified atom stereocenters. The molecule has 0 aliphatic rings. The van der Waals surface area contributed by atoms with Crippen molar-refractivity contribution in [3.8, 4) is 0 Å². The molecule has 1 N–H and O–H groups in total. The molecule has 1 aromatic rings. The van der Waals surface area contributed by atoms with Crippen LogP contribution >= 0.6 is 0 Å². The molecule has 0 aliphatic carbocycles. The highest BCUT2D eigenvalue weighted by Gasteiger charge is 2.22. The van der Waals surface area contributed by atoms with Crippen molar-refractivity contribution in [3.05, 3.63) is 17.5 Å². The van der Waals surface area contributed by atoms with Gasteiger partial charge in [-0.15, -0.1) is 0 Å². The highest BCUT2D eigenvalue weighted by molar-refractivity contribution is 5.11. The molecule has 0 spiro atoms. The van der Waals surface area contributed by atoms with Gasteiger partial charge in [0.15, 0.2) is 6.29 Å². The van der Waals surface area contributed by atoms with Gasteiger partial charge in [0.05, 0.1) is 5.69 Å². The summed E-state index contributed by atoms with van der Waals surface area (Å²) in [5.74, 6) is 0. The first kappa shape index (κ1) is 16.1. The summed E-state index contributed by atoms with van der Waals surface area (Å²) in [6.45, 7) is 9.75. The van der Waals surface area contributed by atoms with Gasteiger partial charge in [0.25, 0.3) is 0 Å². The van der Waals surface area contributed by atoms with Crippen molar-refractivity contribution in [2.45, 2.75) is 59.5 Å². The first-order valence-corrected chi connectivity index (χ1v) is 7.12. The summed E-state index contributed by atoms with van der Waals surface area (Å²) in [5.41, 5.74) is 2.07. The van der Waals surface area contributed by atoms with Gasteiger partial charge in [0, 0.05) is 31.9 Å². The number of nitrogens with zero attached hydrogens (tertiary/aromatic N) is 2. The smallest absolute Gasteiger partial charge is 0.183 e. The molecular formula is C14H26N2O3. The standard InChI is InChI=1S/C14H26N2O3/c1-5-11-9-12(16(6-2)15-11)10-13(17)14(18-7-3)19-8-4/h9,13-14,17H,5-8,10H2,1-4H3. The van der Waals surface area contributed by atoms with E-state index in [2.05, 4.69) is 12.0 Å². The summed E-state index contributed by atoms with van der Waals surface area (Å²) in [6, 6.07) is 2.04. The van der Waals surface area contributed by atoms with Crippen molar-refractivity contribution in [3.63, 3.8) is 0 Å². The Hall–Kier alpha value is -0.910. The highest BCUT2D eigenvalue weighted by Crippen LogP contribution is 2.12. The molecule has 1 rings (SSSR count). The molecule has 0 fully saturated rings. The van der Waals surface area contributed by atoms with E-state index in [0.29, 0.717) is 19.6 Å². The Morgan fingerprint density at radius 2 is 1.84 bits per heavy atom. The summed E-state index contributed by atoms with van der Waals surface area (Å²) in [7, 11) is 0. The molecule has 0 aliphatic heterocycles. The molecule has 0 bridgehead atoms. The van der Waals surface area contributed by atoms with E-state index in [1.165, 1.54) is 0 Å². The molecule has 1 atom stereocenters. The maximum atomic E-state index is 10.2. The van der Waals surface area contributed by atoms with Crippen LogP contribution in [0.25, 0.3) is 0 Å². The lowest BCUT2D eigenvalue weighted by Gasteiger charge is -2.22. The summed E-state index contributed by atoms with van der Waals surface area (Å²) < 4.78 is 12.8. The summed E-state index contributed by atoms with van der Waals surface area (Å²) in [5, 5.41) is 14.7. The third-order valence-corrected chi connectivity index (χ3v) is 2.97. The van der Waals surface area contributed by atoms with Gasteiger partial charge >= 0.3 is 0 Å². The Labute approximate surface area is 115 Å². The van der Waals surface area contributed by atoms with Crippen LogP contribution in [-0.2, 0) is 28.9 Å². The Morgan fingerprint density at radius 3 is 2.32 bits per heavy atom. The SMILES string of the molecule is CCOC(OCC)C(O)Cc1cc(CC)nn1CC. The van der Waals surface area contributed by atoms with Gasteiger partial charge in [-0.2, -0.15) is 5.10 Å². The van der Waals surface area contributed by atoms with Gasteiger partial charge in [-0.1, -0.05) is 6.92 Å². The van der Waals surface area contributed by atoms with Gasteiger partial charge in [-0.05, 0) is 33.3 Å². The van der Waals surface area contributed by atoms with Gasteiger partial charge in [0.2, 0.25) is 0 Å².